The maximum absolute atomic E-state index is 12.7. The van der Waals surface area contributed by atoms with Gasteiger partial charge in [-0.15, -0.1) is 0 Å². The molecule has 1 aliphatic rings. The predicted molar refractivity (Wildman–Crippen MR) is 118 cm³/mol. The lowest BCUT2D eigenvalue weighted by Crippen LogP contribution is -2.30. The molecule has 1 fully saturated rings. The van der Waals surface area contributed by atoms with Crippen molar-refractivity contribution in [3.8, 4) is 0 Å². The summed E-state index contributed by atoms with van der Waals surface area (Å²) in [5.41, 5.74) is 3.12. The van der Waals surface area contributed by atoms with Gasteiger partial charge in [-0.05, 0) is 57.0 Å². The summed E-state index contributed by atoms with van der Waals surface area (Å²) in [5.74, 6) is -0.308. The van der Waals surface area contributed by atoms with Gasteiger partial charge in [0.15, 0.2) is 0 Å². The number of benzene rings is 2. The van der Waals surface area contributed by atoms with Crippen LogP contribution in [0.1, 0.15) is 32.8 Å². The van der Waals surface area contributed by atoms with Crippen molar-refractivity contribution < 1.29 is 9.59 Å². The summed E-state index contributed by atoms with van der Waals surface area (Å²) in [7, 11) is 0. The molecule has 3 rings (SSSR count). The van der Waals surface area contributed by atoms with Crippen molar-refractivity contribution in [1.82, 2.24) is 4.90 Å². The Morgan fingerprint density at radius 1 is 1.14 bits per heavy atom. The molecule has 0 spiro atoms. The Hall–Kier alpha value is -2.82. The smallest absolute Gasteiger partial charge is 0.229 e. The molecule has 5 heteroatoms. The van der Waals surface area contributed by atoms with Crippen LogP contribution < -0.4 is 10.2 Å². The van der Waals surface area contributed by atoms with E-state index in [1.54, 1.807) is 0 Å². The van der Waals surface area contributed by atoms with Crippen LogP contribution in [0.2, 0.25) is 0 Å². The monoisotopic (exact) mass is 393 g/mol. The average Bonchev–Trinajstić information content (AvgIpc) is 3.09. The first-order chi connectivity index (χ1) is 14.0. The van der Waals surface area contributed by atoms with E-state index in [2.05, 4.69) is 43.1 Å². The molecule has 0 saturated carbocycles. The SMILES string of the molecule is CCN(c1ccc(NC(=O)C2CC(=O)N(CCc3ccccc3)C2)cc1)C(C)C. The quantitative estimate of drug-likeness (QED) is 0.739. The van der Waals surface area contributed by atoms with Crippen molar-refractivity contribution in [3.63, 3.8) is 0 Å². The summed E-state index contributed by atoms with van der Waals surface area (Å²) in [6, 6.07) is 18.5. The highest BCUT2D eigenvalue weighted by Crippen LogP contribution is 2.23. The topological polar surface area (TPSA) is 52.7 Å². The van der Waals surface area contributed by atoms with Crippen molar-refractivity contribution in [1.29, 1.82) is 0 Å². The molecule has 29 heavy (non-hydrogen) atoms. The van der Waals surface area contributed by atoms with Crippen LogP contribution in [-0.4, -0.2) is 42.4 Å². The van der Waals surface area contributed by atoms with Gasteiger partial charge >= 0.3 is 0 Å². The van der Waals surface area contributed by atoms with Crippen LogP contribution in [0.25, 0.3) is 0 Å². The molecular formula is C24H31N3O2. The lowest BCUT2D eigenvalue weighted by molar-refractivity contribution is -0.128. The van der Waals surface area contributed by atoms with E-state index >= 15 is 0 Å². The number of hydrogen-bond acceptors (Lipinski definition) is 3. The standard InChI is InChI=1S/C24H31N3O2/c1-4-27(18(2)3)22-12-10-21(11-13-22)25-24(29)20-16-23(28)26(17-20)15-14-19-8-6-5-7-9-19/h5-13,18,20H,4,14-17H2,1-3H3,(H,25,29). The average molecular weight is 394 g/mol. The van der Waals surface area contributed by atoms with Crippen LogP contribution in [0.5, 0.6) is 0 Å². The number of rotatable bonds is 8. The first kappa shape index (κ1) is 20.9. The molecule has 154 valence electrons. The Bertz CT molecular complexity index is 818. The minimum absolute atomic E-state index is 0.0620. The van der Waals surface area contributed by atoms with Crippen molar-refractivity contribution in [2.75, 3.05) is 29.9 Å². The molecule has 1 aliphatic heterocycles. The molecule has 1 heterocycles. The molecule has 5 nitrogen and oxygen atoms in total. The Labute approximate surface area is 173 Å². The molecule has 2 aromatic carbocycles. The van der Waals surface area contributed by atoms with Crippen LogP contribution in [0.15, 0.2) is 54.6 Å². The Morgan fingerprint density at radius 2 is 1.83 bits per heavy atom. The third-order valence-corrected chi connectivity index (χ3v) is 5.53. The highest BCUT2D eigenvalue weighted by molar-refractivity contribution is 5.97. The van der Waals surface area contributed by atoms with Crippen LogP contribution >= 0.6 is 0 Å². The molecule has 0 bridgehead atoms. The van der Waals surface area contributed by atoms with Crippen LogP contribution in [-0.2, 0) is 16.0 Å². The molecule has 0 aromatic heterocycles. The van der Waals surface area contributed by atoms with Crippen molar-refractivity contribution in [2.45, 2.75) is 39.7 Å². The molecule has 1 N–H and O–H groups in total. The first-order valence-corrected chi connectivity index (χ1v) is 10.5. The summed E-state index contributed by atoms with van der Waals surface area (Å²) in [6.07, 6.45) is 1.10. The van der Waals surface area contributed by atoms with E-state index in [1.807, 2.05) is 47.4 Å². The van der Waals surface area contributed by atoms with E-state index in [1.165, 1.54) is 5.56 Å². The van der Waals surface area contributed by atoms with Gasteiger partial charge in [0.25, 0.3) is 0 Å². The highest BCUT2D eigenvalue weighted by Gasteiger charge is 2.34. The van der Waals surface area contributed by atoms with Crippen molar-refractivity contribution in [3.05, 3.63) is 60.2 Å². The number of carbonyl (C=O) groups is 2. The number of nitrogens with one attached hydrogen (secondary N) is 1. The summed E-state index contributed by atoms with van der Waals surface area (Å²) in [5, 5.41) is 2.98. The van der Waals surface area contributed by atoms with Gasteiger partial charge in [-0.25, -0.2) is 0 Å². The zero-order chi connectivity index (χ0) is 20.8. The van der Waals surface area contributed by atoms with E-state index in [9.17, 15) is 9.59 Å². The van der Waals surface area contributed by atoms with Crippen LogP contribution in [0, 0.1) is 5.92 Å². The Morgan fingerprint density at radius 3 is 2.45 bits per heavy atom. The summed E-state index contributed by atoms with van der Waals surface area (Å²) in [4.78, 5) is 29.1. The van der Waals surface area contributed by atoms with E-state index in [4.69, 9.17) is 0 Å². The fraction of sp³-hybridized carbons (Fsp3) is 0.417. The molecule has 0 radical (unpaired) electrons. The zero-order valence-corrected chi connectivity index (χ0v) is 17.6. The van der Waals surface area contributed by atoms with Crippen molar-refractivity contribution in [2.24, 2.45) is 5.92 Å². The molecule has 1 atom stereocenters. The molecule has 1 saturated heterocycles. The van der Waals surface area contributed by atoms with Gasteiger partial charge < -0.3 is 15.1 Å². The maximum atomic E-state index is 12.7. The minimum atomic E-state index is -0.291. The first-order valence-electron chi connectivity index (χ1n) is 10.5. The van der Waals surface area contributed by atoms with Gasteiger partial charge in [0.1, 0.15) is 0 Å². The van der Waals surface area contributed by atoms with Gasteiger partial charge in [-0.1, -0.05) is 30.3 Å². The summed E-state index contributed by atoms with van der Waals surface area (Å²) >= 11 is 0. The maximum Gasteiger partial charge on any atom is 0.229 e. The molecule has 0 aliphatic carbocycles. The van der Waals surface area contributed by atoms with E-state index in [-0.39, 0.29) is 24.2 Å². The lowest BCUT2D eigenvalue weighted by Gasteiger charge is -2.27. The minimum Gasteiger partial charge on any atom is -0.369 e. The van der Waals surface area contributed by atoms with Gasteiger partial charge in [-0.3, -0.25) is 9.59 Å². The number of amides is 2. The molecule has 2 amide bonds. The summed E-state index contributed by atoms with van der Waals surface area (Å²) < 4.78 is 0. The fourth-order valence-corrected chi connectivity index (χ4v) is 3.90. The van der Waals surface area contributed by atoms with Crippen LogP contribution in [0.4, 0.5) is 11.4 Å². The van der Waals surface area contributed by atoms with Crippen LogP contribution in [0.3, 0.4) is 0 Å². The largest absolute Gasteiger partial charge is 0.369 e. The van der Waals surface area contributed by atoms with Gasteiger partial charge in [0.2, 0.25) is 11.8 Å². The third kappa shape index (κ3) is 5.37. The van der Waals surface area contributed by atoms with Gasteiger partial charge in [0.05, 0.1) is 5.92 Å². The number of hydrogen-bond donors (Lipinski definition) is 1. The zero-order valence-electron chi connectivity index (χ0n) is 17.6. The fourth-order valence-electron chi connectivity index (χ4n) is 3.90. The predicted octanol–water partition coefficient (Wildman–Crippen LogP) is 3.95. The van der Waals surface area contributed by atoms with Gasteiger partial charge in [0, 0.05) is 43.5 Å². The lowest BCUT2D eigenvalue weighted by atomic mass is 10.1. The second-order valence-corrected chi connectivity index (χ2v) is 7.89. The Kier molecular flexibility index (Phi) is 6.91. The van der Waals surface area contributed by atoms with E-state index in [0.29, 0.717) is 19.1 Å². The highest BCUT2D eigenvalue weighted by atomic mass is 16.2. The molecular weight excluding hydrogens is 362 g/mol. The van der Waals surface area contributed by atoms with Gasteiger partial charge in [-0.2, -0.15) is 0 Å². The number of likely N-dealkylation sites (tertiary alicyclic amines) is 1. The van der Waals surface area contributed by atoms with E-state index < -0.39 is 0 Å². The normalized spacial score (nSPS) is 16.3. The molecule has 2 aromatic rings. The third-order valence-electron chi connectivity index (χ3n) is 5.53. The number of nitrogens with zero attached hydrogens (tertiary/aromatic N) is 2. The Balaban J connectivity index is 1.53. The number of carbonyl (C=O) groups excluding carboxylic acids is 2. The van der Waals surface area contributed by atoms with Crippen molar-refractivity contribution >= 4 is 23.2 Å². The van der Waals surface area contributed by atoms with E-state index in [0.717, 1.165) is 24.3 Å². The molecule has 1 unspecified atom stereocenters. The second kappa shape index (κ2) is 9.59. The second-order valence-electron chi connectivity index (χ2n) is 7.89. The number of anilines is 2. The summed E-state index contributed by atoms with van der Waals surface area (Å²) in [6.45, 7) is 8.55.